The highest BCUT2D eigenvalue weighted by atomic mass is 79.9. The number of piperazine rings is 1. The van der Waals surface area contributed by atoms with Crippen molar-refractivity contribution in [1.29, 1.82) is 0 Å². The van der Waals surface area contributed by atoms with E-state index >= 15 is 0 Å². The predicted octanol–water partition coefficient (Wildman–Crippen LogP) is 0.695. The summed E-state index contributed by atoms with van der Waals surface area (Å²) in [7, 11) is 0. The standard InChI is InChI=1S/C11H20BrN3O/c1-9(12)8-14-10(16)11(2,3)15-6-4-13-5-7-15/h13H,1,4-8H2,2-3H3,(H,14,16). The van der Waals surface area contributed by atoms with Crippen molar-refractivity contribution in [3.63, 3.8) is 0 Å². The molecule has 1 amide bonds. The van der Waals surface area contributed by atoms with Crippen LogP contribution in [-0.2, 0) is 4.79 Å². The zero-order chi connectivity index (χ0) is 12.2. The maximum atomic E-state index is 12.0. The first kappa shape index (κ1) is 13.7. The van der Waals surface area contributed by atoms with Crippen molar-refractivity contribution in [3.8, 4) is 0 Å². The van der Waals surface area contributed by atoms with Gasteiger partial charge in [0.1, 0.15) is 0 Å². The Bertz CT molecular complexity index is 272. The molecule has 2 N–H and O–H groups in total. The summed E-state index contributed by atoms with van der Waals surface area (Å²) in [4.78, 5) is 14.2. The first-order chi connectivity index (χ1) is 7.44. The highest BCUT2D eigenvalue weighted by Gasteiger charge is 2.34. The molecule has 0 aromatic carbocycles. The van der Waals surface area contributed by atoms with E-state index in [4.69, 9.17) is 0 Å². The summed E-state index contributed by atoms with van der Waals surface area (Å²) in [5.74, 6) is 0.0509. The largest absolute Gasteiger partial charge is 0.350 e. The van der Waals surface area contributed by atoms with E-state index in [2.05, 4.69) is 38.0 Å². The Labute approximate surface area is 106 Å². The first-order valence-electron chi connectivity index (χ1n) is 5.52. The molecular weight excluding hydrogens is 270 g/mol. The zero-order valence-corrected chi connectivity index (χ0v) is 11.6. The summed E-state index contributed by atoms with van der Waals surface area (Å²) in [5.41, 5.74) is -0.454. The van der Waals surface area contributed by atoms with Gasteiger partial charge in [0.05, 0.1) is 5.54 Å². The summed E-state index contributed by atoms with van der Waals surface area (Å²) in [6.45, 7) is 11.8. The van der Waals surface area contributed by atoms with Crippen LogP contribution in [0, 0.1) is 0 Å². The Balaban J connectivity index is 2.53. The lowest BCUT2D eigenvalue weighted by Crippen LogP contribution is -2.60. The fraction of sp³-hybridized carbons (Fsp3) is 0.727. The van der Waals surface area contributed by atoms with Crippen LogP contribution in [0.1, 0.15) is 13.8 Å². The smallest absolute Gasteiger partial charge is 0.240 e. The minimum Gasteiger partial charge on any atom is -0.350 e. The SMILES string of the molecule is C=C(Br)CNC(=O)C(C)(C)N1CCNCC1. The van der Waals surface area contributed by atoms with Crippen molar-refractivity contribution in [1.82, 2.24) is 15.5 Å². The van der Waals surface area contributed by atoms with Gasteiger partial charge in [-0.3, -0.25) is 9.69 Å². The van der Waals surface area contributed by atoms with Gasteiger partial charge >= 0.3 is 0 Å². The lowest BCUT2D eigenvalue weighted by atomic mass is 10.0. The Morgan fingerprint density at radius 3 is 2.56 bits per heavy atom. The number of amides is 1. The number of rotatable bonds is 4. The molecule has 16 heavy (non-hydrogen) atoms. The summed E-state index contributed by atoms with van der Waals surface area (Å²) >= 11 is 3.23. The van der Waals surface area contributed by atoms with Crippen molar-refractivity contribution >= 4 is 21.8 Å². The molecule has 1 fully saturated rings. The molecule has 0 aromatic rings. The zero-order valence-electron chi connectivity index (χ0n) is 9.98. The van der Waals surface area contributed by atoms with Gasteiger partial charge in [0.2, 0.25) is 5.91 Å². The Morgan fingerprint density at radius 2 is 2.06 bits per heavy atom. The Hall–Kier alpha value is -0.390. The minimum atomic E-state index is -0.454. The number of carbonyl (C=O) groups is 1. The molecule has 1 rings (SSSR count). The molecule has 1 saturated heterocycles. The highest BCUT2D eigenvalue weighted by molar-refractivity contribution is 9.11. The van der Waals surface area contributed by atoms with Crippen LogP contribution < -0.4 is 10.6 Å². The van der Waals surface area contributed by atoms with E-state index in [-0.39, 0.29) is 5.91 Å². The lowest BCUT2D eigenvalue weighted by molar-refractivity contribution is -0.131. The third-order valence-electron chi connectivity index (χ3n) is 2.90. The molecule has 0 atom stereocenters. The number of halogens is 1. The molecule has 0 saturated carbocycles. The quantitative estimate of drug-likeness (QED) is 0.801. The van der Waals surface area contributed by atoms with E-state index in [1.165, 1.54) is 0 Å². The van der Waals surface area contributed by atoms with Crippen molar-refractivity contribution in [2.24, 2.45) is 0 Å². The van der Waals surface area contributed by atoms with E-state index < -0.39 is 5.54 Å². The molecular formula is C11H20BrN3O. The fourth-order valence-corrected chi connectivity index (χ4v) is 1.90. The van der Waals surface area contributed by atoms with Gasteiger partial charge in [0.15, 0.2) is 0 Å². The van der Waals surface area contributed by atoms with Crippen LogP contribution in [0.15, 0.2) is 11.1 Å². The van der Waals surface area contributed by atoms with Crippen LogP contribution in [0.2, 0.25) is 0 Å². The third-order valence-corrected chi connectivity index (χ3v) is 3.18. The van der Waals surface area contributed by atoms with E-state index in [0.717, 1.165) is 30.7 Å². The maximum absolute atomic E-state index is 12.0. The molecule has 0 bridgehead atoms. The second kappa shape index (κ2) is 5.80. The number of hydrogen-bond donors (Lipinski definition) is 2. The van der Waals surface area contributed by atoms with Crippen molar-refractivity contribution in [2.75, 3.05) is 32.7 Å². The van der Waals surface area contributed by atoms with Crippen LogP contribution in [0.25, 0.3) is 0 Å². The molecule has 0 aromatic heterocycles. The van der Waals surface area contributed by atoms with Crippen molar-refractivity contribution in [3.05, 3.63) is 11.1 Å². The van der Waals surface area contributed by atoms with Crippen molar-refractivity contribution in [2.45, 2.75) is 19.4 Å². The summed E-state index contributed by atoms with van der Waals surface area (Å²) < 4.78 is 0.789. The van der Waals surface area contributed by atoms with Crippen LogP contribution in [-0.4, -0.2) is 49.1 Å². The lowest BCUT2D eigenvalue weighted by Gasteiger charge is -2.39. The molecule has 0 aliphatic carbocycles. The van der Waals surface area contributed by atoms with Crippen LogP contribution >= 0.6 is 15.9 Å². The van der Waals surface area contributed by atoms with Crippen LogP contribution in [0.3, 0.4) is 0 Å². The van der Waals surface area contributed by atoms with E-state index in [1.54, 1.807) is 0 Å². The van der Waals surface area contributed by atoms with Gasteiger partial charge in [0, 0.05) is 37.2 Å². The molecule has 0 unspecified atom stereocenters. The van der Waals surface area contributed by atoms with E-state index in [9.17, 15) is 4.79 Å². The Kier molecular flexibility index (Phi) is 4.95. The molecule has 0 radical (unpaired) electrons. The molecule has 1 heterocycles. The summed E-state index contributed by atoms with van der Waals surface area (Å²) in [6.07, 6.45) is 0. The van der Waals surface area contributed by atoms with Gasteiger partial charge in [-0.1, -0.05) is 22.5 Å². The van der Waals surface area contributed by atoms with Gasteiger partial charge in [-0.05, 0) is 13.8 Å². The molecule has 5 heteroatoms. The maximum Gasteiger partial charge on any atom is 0.240 e. The highest BCUT2D eigenvalue weighted by Crippen LogP contribution is 2.15. The second-order valence-corrected chi connectivity index (χ2v) is 5.62. The topological polar surface area (TPSA) is 44.4 Å². The Morgan fingerprint density at radius 1 is 1.50 bits per heavy atom. The molecule has 1 aliphatic heterocycles. The molecule has 0 spiro atoms. The molecule has 4 nitrogen and oxygen atoms in total. The number of hydrogen-bond acceptors (Lipinski definition) is 3. The number of nitrogens with zero attached hydrogens (tertiary/aromatic N) is 1. The normalized spacial score (nSPS) is 18.2. The predicted molar refractivity (Wildman–Crippen MR) is 69.6 cm³/mol. The van der Waals surface area contributed by atoms with Gasteiger partial charge in [-0.2, -0.15) is 0 Å². The number of carbonyl (C=O) groups excluding carboxylic acids is 1. The fourth-order valence-electron chi connectivity index (χ4n) is 1.76. The van der Waals surface area contributed by atoms with Gasteiger partial charge in [-0.15, -0.1) is 0 Å². The van der Waals surface area contributed by atoms with E-state index in [0.29, 0.717) is 6.54 Å². The minimum absolute atomic E-state index is 0.0509. The monoisotopic (exact) mass is 289 g/mol. The third kappa shape index (κ3) is 3.57. The molecule has 1 aliphatic rings. The van der Waals surface area contributed by atoms with Gasteiger partial charge in [-0.25, -0.2) is 0 Å². The average Bonchev–Trinajstić information content (AvgIpc) is 2.27. The second-order valence-electron chi connectivity index (χ2n) is 4.50. The number of nitrogens with one attached hydrogen (secondary N) is 2. The van der Waals surface area contributed by atoms with Crippen LogP contribution in [0.5, 0.6) is 0 Å². The van der Waals surface area contributed by atoms with E-state index in [1.807, 2.05) is 13.8 Å². The van der Waals surface area contributed by atoms with Crippen LogP contribution in [0.4, 0.5) is 0 Å². The van der Waals surface area contributed by atoms with Gasteiger partial charge < -0.3 is 10.6 Å². The van der Waals surface area contributed by atoms with Crippen molar-refractivity contribution < 1.29 is 4.79 Å². The first-order valence-corrected chi connectivity index (χ1v) is 6.31. The summed E-state index contributed by atoms with van der Waals surface area (Å²) in [5, 5.41) is 6.15. The molecule has 92 valence electrons. The average molecular weight is 290 g/mol. The van der Waals surface area contributed by atoms with Gasteiger partial charge in [0.25, 0.3) is 0 Å². The summed E-state index contributed by atoms with van der Waals surface area (Å²) in [6, 6.07) is 0.